The third-order valence-electron chi connectivity index (χ3n) is 3.56. The average molecular weight is 337 g/mol. The monoisotopic (exact) mass is 337 g/mol. The molecule has 126 valence electrons. The Bertz CT molecular complexity index is 547. The number of ether oxygens (including phenoxy) is 1. The molecule has 23 heavy (non-hydrogen) atoms. The minimum absolute atomic E-state index is 0.0353. The summed E-state index contributed by atoms with van der Waals surface area (Å²) in [7, 11) is 1.78. The summed E-state index contributed by atoms with van der Waals surface area (Å²) in [6.07, 6.45) is 1.97. The first-order chi connectivity index (χ1) is 11.1. The fraction of sp³-hybridized carbons (Fsp3) is 0.500. The predicted octanol–water partition coefficient (Wildman–Crippen LogP) is 1.14. The largest absolute Gasteiger partial charge is 0.378 e. The van der Waals surface area contributed by atoms with Gasteiger partial charge in [0.15, 0.2) is 0 Å². The summed E-state index contributed by atoms with van der Waals surface area (Å²) >= 11 is 1.58. The van der Waals surface area contributed by atoms with Gasteiger partial charge in [-0.3, -0.25) is 14.5 Å². The fourth-order valence-electron chi connectivity index (χ4n) is 2.38. The predicted molar refractivity (Wildman–Crippen MR) is 91.7 cm³/mol. The SMILES string of the molecule is CSc1ccccc1NC(=O)CN(C)CC(=O)N1CCOCC1. The number of para-hydroxylation sites is 1. The van der Waals surface area contributed by atoms with Gasteiger partial charge in [0.1, 0.15) is 0 Å². The summed E-state index contributed by atoms with van der Waals surface area (Å²) in [4.78, 5) is 28.8. The number of hydrogen-bond donors (Lipinski definition) is 1. The van der Waals surface area contributed by atoms with Crippen LogP contribution in [-0.4, -0.2) is 74.3 Å². The lowest BCUT2D eigenvalue weighted by Gasteiger charge is -2.28. The summed E-state index contributed by atoms with van der Waals surface area (Å²) in [5, 5.41) is 2.90. The van der Waals surface area contributed by atoms with Crippen molar-refractivity contribution in [1.29, 1.82) is 0 Å². The van der Waals surface area contributed by atoms with Crippen molar-refractivity contribution in [2.75, 3.05) is 58.0 Å². The van der Waals surface area contributed by atoms with Crippen LogP contribution in [0.15, 0.2) is 29.2 Å². The molecule has 0 atom stereocenters. The maximum absolute atomic E-state index is 12.1. The van der Waals surface area contributed by atoms with Gasteiger partial charge in [-0.25, -0.2) is 0 Å². The zero-order valence-corrected chi connectivity index (χ0v) is 14.4. The Labute approximate surface area is 141 Å². The van der Waals surface area contributed by atoms with Gasteiger partial charge in [-0.2, -0.15) is 0 Å². The molecule has 0 bridgehead atoms. The van der Waals surface area contributed by atoms with Gasteiger partial charge < -0.3 is 15.0 Å². The highest BCUT2D eigenvalue weighted by molar-refractivity contribution is 7.98. The van der Waals surface area contributed by atoms with Gasteiger partial charge in [-0.05, 0) is 25.4 Å². The number of carbonyl (C=O) groups is 2. The quantitative estimate of drug-likeness (QED) is 0.789. The van der Waals surface area contributed by atoms with Crippen molar-refractivity contribution in [2.24, 2.45) is 0 Å². The lowest BCUT2D eigenvalue weighted by atomic mass is 10.3. The Morgan fingerprint density at radius 3 is 2.65 bits per heavy atom. The molecule has 6 nitrogen and oxygen atoms in total. The first-order valence-electron chi connectivity index (χ1n) is 7.57. The van der Waals surface area contributed by atoms with E-state index in [1.165, 1.54) is 0 Å². The minimum atomic E-state index is -0.122. The second-order valence-electron chi connectivity index (χ2n) is 5.41. The third kappa shape index (κ3) is 5.53. The lowest BCUT2D eigenvalue weighted by Crippen LogP contribution is -2.46. The van der Waals surface area contributed by atoms with Gasteiger partial charge >= 0.3 is 0 Å². The topological polar surface area (TPSA) is 61.9 Å². The van der Waals surface area contributed by atoms with Crippen LogP contribution in [-0.2, 0) is 14.3 Å². The molecule has 1 fully saturated rings. The highest BCUT2D eigenvalue weighted by Crippen LogP contribution is 2.24. The second-order valence-corrected chi connectivity index (χ2v) is 6.26. The number of benzene rings is 1. The highest BCUT2D eigenvalue weighted by atomic mass is 32.2. The molecule has 0 spiro atoms. The third-order valence-corrected chi connectivity index (χ3v) is 4.36. The van der Waals surface area contributed by atoms with Crippen LogP contribution in [0.5, 0.6) is 0 Å². The van der Waals surface area contributed by atoms with Crippen LogP contribution in [0, 0.1) is 0 Å². The molecule has 1 saturated heterocycles. The smallest absolute Gasteiger partial charge is 0.238 e. The molecule has 0 radical (unpaired) electrons. The molecule has 0 aliphatic carbocycles. The Balaban J connectivity index is 1.81. The maximum atomic E-state index is 12.1. The van der Waals surface area contributed by atoms with E-state index in [2.05, 4.69) is 5.32 Å². The van der Waals surface area contributed by atoms with E-state index in [0.717, 1.165) is 10.6 Å². The molecule has 2 rings (SSSR count). The maximum Gasteiger partial charge on any atom is 0.238 e. The van der Waals surface area contributed by atoms with Crippen molar-refractivity contribution >= 4 is 29.3 Å². The fourth-order valence-corrected chi connectivity index (χ4v) is 2.94. The number of amides is 2. The molecule has 1 aliphatic rings. The van der Waals surface area contributed by atoms with Gasteiger partial charge in [0.25, 0.3) is 0 Å². The molecule has 0 saturated carbocycles. The Hall–Kier alpha value is -1.57. The number of nitrogens with one attached hydrogen (secondary N) is 1. The van der Waals surface area contributed by atoms with E-state index in [4.69, 9.17) is 4.74 Å². The van der Waals surface area contributed by atoms with E-state index in [1.807, 2.05) is 30.5 Å². The van der Waals surface area contributed by atoms with Gasteiger partial charge in [0.2, 0.25) is 11.8 Å². The first-order valence-corrected chi connectivity index (χ1v) is 8.79. The molecule has 2 amide bonds. The summed E-state index contributed by atoms with van der Waals surface area (Å²) < 4.78 is 5.23. The van der Waals surface area contributed by atoms with Crippen LogP contribution in [0.2, 0.25) is 0 Å². The summed E-state index contributed by atoms with van der Waals surface area (Å²) in [6, 6.07) is 7.67. The summed E-state index contributed by atoms with van der Waals surface area (Å²) in [6.45, 7) is 2.83. The van der Waals surface area contributed by atoms with Crippen LogP contribution in [0.3, 0.4) is 0 Å². The van der Waals surface area contributed by atoms with Crippen molar-refractivity contribution in [2.45, 2.75) is 4.90 Å². The highest BCUT2D eigenvalue weighted by Gasteiger charge is 2.19. The first kappa shape index (κ1) is 17.8. The zero-order chi connectivity index (χ0) is 16.7. The summed E-state index contributed by atoms with van der Waals surface area (Å²) in [5.74, 6) is -0.0862. The van der Waals surface area contributed by atoms with Gasteiger partial charge in [0.05, 0.1) is 32.0 Å². The van der Waals surface area contributed by atoms with E-state index in [0.29, 0.717) is 26.3 Å². The van der Waals surface area contributed by atoms with Crippen molar-refractivity contribution < 1.29 is 14.3 Å². The van der Waals surface area contributed by atoms with Crippen molar-refractivity contribution in [3.8, 4) is 0 Å². The van der Waals surface area contributed by atoms with Crippen molar-refractivity contribution in [3.05, 3.63) is 24.3 Å². The van der Waals surface area contributed by atoms with Crippen LogP contribution in [0.4, 0.5) is 5.69 Å². The summed E-state index contributed by atoms with van der Waals surface area (Å²) in [5.41, 5.74) is 0.804. The number of hydrogen-bond acceptors (Lipinski definition) is 5. The van der Waals surface area contributed by atoms with E-state index in [9.17, 15) is 9.59 Å². The standard InChI is InChI=1S/C16H23N3O3S/c1-18(12-16(21)19-7-9-22-10-8-19)11-15(20)17-13-5-3-4-6-14(13)23-2/h3-6H,7-12H2,1-2H3,(H,17,20). The molecule has 1 aromatic rings. The molecule has 1 aromatic carbocycles. The normalized spacial score (nSPS) is 14.8. The van der Waals surface area contributed by atoms with Crippen LogP contribution < -0.4 is 5.32 Å². The molecular formula is C16H23N3O3S. The van der Waals surface area contributed by atoms with E-state index in [-0.39, 0.29) is 24.9 Å². The average Bonchev–Trinajstić information content (AvgIpc) is 2.55. The zero-order valence-electron chi connectivity index (χ0n) is 13.6. The molecule has 7 heteroatoms. The Kier molecular flexibility index (Phi) is 6.88. The number of thioether (sulfide) groups is 1. The van der Waals surface area contributed by atoms with E-state index < -0.39 is 0 Å². The molecule has 1 aliphatic heterocycles. The van der Waals surface area contributed by atoms with Crippen LogP contribution >= 0.6 is 11.8 Å². The van der Waals surface area contributed by atoms with Gasteiger partial charge in [0, 0.05) is 18.0 Å². The number of morpholine rings is 1. The minimum Gasteiger partial charge on any atom is -0.378 e. The number of likely N-dealkylation sites (N-methyl/N-ethyl adjacent to an activating group) is 1. The number of rotatable bonds is 6. The van der Waals surface area contributed by atoms with Crippen LogP contribution in [0.1, 0.15) is 0 Å². The van der Waals surface area contributed by atoms with E-state index >= 15 is 0 Å². The molecule has 1 N–H and O–H groups in total. The number of nitrogens with zero attached hydrogens (tertiary/aromatic N) is 2. The van der Waals surface area contributed by atoms with Gasteiger partial charge in [-0.1, -0.05) is 12.1 Å². The molecule has 0 aromatic heterocycles. The van der Waals surface area contributed by atoms with Gasteiger partial charge in [-0.15, -0.1) is 11.8 Å². The molecular weight excluding hydrogens is 314 g/mol. The lowest BCUT2D eigenvalue weighted by molar-refractivity contribution is -0.136. The van der Waals surface area contributed by atoms with Crippen LogP contribution in [0.25, 0.3) is 0 Å². The molecule has 0 unspecified atom stereocenters. The molecule has 1 heterocycles. The van der Waals surface area contributed by atoms with Crippen molar-refractivity contribution in [3.63, 3.8) is 0 Å². The van der Waals surface area contributed by atoms with Crippen molar-refractivity contribution in [1.82, 2.24) is 9.80 Å². The number of anilines is 1. The van der Waals surface area contributed by atoms with E-state index in [1.54, 1.807) is 28.6 Å². The number of carbonyl (C=O) groups excluding carboxylic acids is 2. The Morgan fingerprint density at radius 1 is 1.26 bits per heavy atom. The second kappa shape index (κ2) is 8.90. The Morgan fingerprint density at radius 2 is 1.96 bits per heavy atom.